The molecule has 22 heteroatoms. The highest BCUT2D eigenvalue weighted by Gasteiger charge is 2.41. The van der Waals surface area contributed by atoms with E-state index in [2.05, 4.69) is 5.32 Å². The number of likely N-dealkylation sites (N-methyl/N-ethyl adjacent to an activating group) is 1. The smallest absolute Gasteiger partial charge is 0.475 e. The van der Waals surface area contributed by atoms with Gasteiger partial charge < -0.3 is 26.0 Å². The number of nitrogens with two attached hydrogens (primary N) is 1. The largest absolute Gasteiger partial charge is 0.490 e. The zero-order chi connectivity index (χ0) is 39.1. The lowest BCUT2D eigenvalue weighted by molar-refractivity contribution is -0.193. The van der Waals surface area contributed by atoms with Crippen LogP contribution in [0.15, 0.2) is 48.5 Å². The third kappa shape index (κ3) is 16.3. The van der Waals surface area contributed by atoms with Gasteiger partial charge in [0.15, 0.2) is 12.2 Å². The highest BCUT2D eigenvalue weighted by atomic mass is 35.5. The van der Waals surface area contributed by atoms with Crippen LogP contribution < -0.4 is 11.1 Å². The molecule has 0 spiro atoms. The van der Waals surface area contributed by atoms with Crippen molar-refractivity contribution in [2.24, 2.45) is 5.73 Å². The lowest BCUT2D eigenvalue weighted by atomic mass is 10.1. The number of rotatable bonds is 12. The van der Waals surface area contributed by atoms with E-state index in [9.17, 15) is 40.7 Å². The molecule has 2 aromatic carbocycles. The molecular weight excluding hydrogens is 763 g/mol. The van der Waals surface area contributed by atoms with Crippen LogP contribution in [0.5, 0.6) is 0 Å². The molecule has 0 aromatic heterocycles. The van der Waals surface area contributed by atoms with E-state index < -0.39 is 47.8 Å². The summed E-state index contributed by atoms with van der Waals surface area (Å²) >= 11 is 13.0. The number of nitrogens with one attached hydrogen (secondary N) is 1. The zero-order valence-electron chi connectivity index (χ0n) is 26.7. The van der Waals surface area contributed by atoms with E-state index in [1.54, 1.807) is 55.4 Å². The van der Waals surface area contributed by atoms with Gasteiger partial charge in [0.2, 0.25) is 0 Å². The molecule has 1 fully saturated rings. The molecule has 2 unspecified atom stereocenters. The second-order valence-corrected chi connectivity index (χ2v) is 12.3. The molecule has 5 N–H and O–H groups in total. The van der Waals surface area contributed by atoms with Crippen LogP contribution in [-0.2, 0) is 25.7 Å². The van der Waals surface area contributed by atoms with Crippen molar-refractivity contribution in [1.82, 2.24) is 19.4 Å². The predicted molar refractivity (Wildman–Crippen MR) is 173 cm³/mol. The third-order valence-electron chi connectivity index (χ3n) is 6.23. The number of halogens is 8. The highest BCUT2D eigenvalue weighted by Crippen LogP contribution is 2.32. The molecular formula is C29H33Cl2F6N5O8S. The maximum Gasteiger partial charge on any atom is 0.490 e. The fourth-order valence-corrected chi connectivity index (χ4v) is 4.99. The van der Waals surface area contributed by atoms with Gasteiger partial charge in [0.1, 0.15) is 6.04 Å². The Kier molecular flexibility index (Phi) is 18.3. The van der Waals surface area contributed by atoms with E-state index in [0.717, 1.165) is 30.4 Å². The summed E-state index contributed by atoms with van der Waals surface area (Å²) in [5.41, 5.74) is 6.04. The highest BCUT2D eigenvalue weighted by molar-refractivity contribution is 7.98. The van der Waals surface area contributed by atoms with Crippen LogP contribution in [-0.4, -0.2) is 105 Å². The number of nitrogens with zero attached hydrogens (tertiary/aromatic N) is 3. The van der Waals surface area contributed by atoms with Crippen LogP contribution >= 0.6 is 35.1 Å². The quantitative estimate of drug-likeness (QED) is 0.0932. The summed E-state index contributed by atoms with van der Waals surface area (Å²) in [4.78, 5) is 59.9. The molecule has 3 amide bonds. The maximum absolute atomic E-state index is 13.3. The summed E-state index contributed by atoms with van der Waals surface area (Å²) < 4.78 is 70.5. The van der Waals surface area contributed by atoms with Crippen LogP contribution in [0.1, 0.15) is 35.2 Å². The number of carbonyl (C=O) groups is 5. The molecule has 2 aromatic rings. The number of ether oxygens (including phenoxy) is 1. The Morgan fingerprint density at radius 1 is 0.922 bits per heavy atom. The van der Waals surface area contributed by atoms with Crippen molar-refractivity contribution in [3.63, 3.8) is 0 Å². The number of esters is 1. The molecule has 284 valence electrons. The molecule has 2 atom stereocenters. The van der Waals surface area contributed by atoms with Gasteiger partial charge in [0.05, 0.1) is 6.54 Å². The second-order valence-electron chi connectivity index (χ2n) is 10.3. The van der Waals surface area contributed by atoms with Crippen molar-refractivity contribution >= 4 is 65.0 Å². The molecule has 13 nitrogen and oxygen atoms in total. The minimum Gasteiger partial charge on any atom is -0.475 e. The first-order valence-electron chi connectivity index (χ1n) is 14.3. The van der Waals surface area contributed by atoms with Crippen molar-refractivity contribution in [3.05, 3.63) is 69.7 Å². The van der Waals surface area contributed by atoms with E-state index in [1.165, 1.54) is 9.21 Å². The average molecular weight is 797 g/mol. The number of aliphatic carboxylic acids is 2. The van der Waals surface area contributed by atoms with Crippen molar-refractivity contribution < 1.29 is 65.3 Å². The summed E-state index contributed by atoms with van der Waals surface area (Å²) in [5, 5.41) is 18.2. The minimum atomic E-state index is -5.08. The topological polar surface area (TPSA) is 183 Å². The number of unbranched alkanes of at least 4 members (excludes halogenated alkanes) is 1. The van der Waals surface area contributed by atoms with Gasteiger partial charge in [-0.1, -0.05) is 41.8 Å². The molecule has 0 aliphatic carbocycles. The number of carboxylic acid groups (broad SMARTS) is 2. The fraction of sp³-hybridized carbons (Fsp3) is 0.414. The van der Waals surface area contributed by atoms with Crippen molar-refractivity contribution in [1.29, 1.82) is 0 Å². The summed E-state index contributed by atoms with van der Waals surface area (Å²) in [5.74, 6) is -6.35. The lowest BCUT2D eigenvalue weighted by Gasteiger charge is -2.26. The number of hydrogen-bond acceptors (Lipinski definition) is 9. The standard InChI is InChI=1S/C25H31Cl2N5O4S.2C2HF3O2/c1-30(2)21(5-3-4-14-28)23(34)36-16-31-24(29-22(33)18-8-12-20(27)13-9-18)37-32(25(31)35)15-17-6-10-19(26)11-7-17;2*3-2(4,5)1(6)7/h6-13,21,24H,3-5,14-16,28H2,1-2H3,(H,29,33);2*(H,6,7). The van der Waals surface area contributed by atoms with Gasteiger partial charge in [-0.25, -0.2) is 14.4 Å². The van der Waals surface area contributed by atoms with E-state index in [1.807, 2.05) is 12.1 Å². The average Bonchev–Trinajstić information content (AvgIpc) is 3.31. The molecule has 0 radical (unpaired) electrons. The van der Waals surface area contributed by atoms with E-state index in [0.29, 0.717) is 28.6 Å². The Hall–Kier alpha value is -3.98. The van der Waals surface area contributed by atoms with Crippen LogP contribution in [0.2, 0.25) is 10.0 Å². The van der Waals surface area contributed by atoms with Gasteiger partial charge >= 0.3 is 36.3 Å². The summed E-state index contributed by atoms with van der Waals surface area (Å²) in [7, 11) is 3.60. The molecule has 0 saturated carbocycles. The van der Waals surface area contributed by atoms with Crippen molar-refractivity contribution in [3.8, 4) is 0 Å². The fourth-order valence-electron chi connectivity index (χ4n) is 3.65. The number of alkyl halides is 6. The SMILES string of the molecule is CN(C)C(CCCCN)C(=O)OCN1C(=O)N(Cc2ccc(Cl)cc2)SC1NC(=O)c1ccc(Cl)cc1.O=C(O)C(F)(F)F.O=C(O)C(F)(F)F. The number of carbonyl (C=O) groups excluding carboxylic acids is 3. The van der Waals surface area contributed by atoms with Crippen molar-refractivity contribution in [2.75, 3.05) is 27.4 Å². The maximum atomic E-state index is 13.3. The Morgan fingerprint density at radius 2 is 1.39 bits per heavy atom. The summed E-state index contributed by atoms with van der Waals surface area (Å²) in [6, 6.07) is 12.7. The molecule has 51 heavy (non-hydrogen) atoms. The van der Waals surface area contributed by atoms with E-state index >= 15 is 0 Å². The summed E-state index contributed by atoms with van der Waals surface area (Å²) in [6.45, 7) is 0.513. The Bertz CT molecular complexity index is 1450. The monoisotopic (exact) mass is 795 g/mol. The Morgan fingerprint density at radius 3 is 1.82 bits per heavy atom. The van der Waals surface area contributed by atoms with Gasteiger partial charge in [0.25, 0.3) is 5.91 Å². The summed E-state index contributed by atoms with van der Waals surface area (Å²) in [6.07, 6.45) is -8.00. The Balaban J connectivity index is 0.000000780. The first kappa shape index (κ1) is 45.0. The van der Waals surface area contributed by atoms with Gasteiger partial charge in [-0.2, -0.15) is 26.3 Å². The van der Waals surface area contributed by atoms with Gasteiger partial charge in [-0.15, -0.1) is 0 Å². The molecule has 1 heterocycles. The third-order valence-corrected chi connectivity index (χ3v) is 7.84. The lowest BCUT2D eigenvalue weighted by Crippen LogP contribution is -2.47. The molecule has 1 aliphatic rings. The normalized spacial score (nSPS) is 14.9. The first-order valence-corrected chi connectivity index (χ1v) is 15.9. The van der Waals surface area contributed by atoms with Crippen LogP contribution in [0.25, 0.3) is 0 Å². The Labute approximate surface area is 301 Å². The molecule has 3 rings (SSSR count). The van der Waals surface area contributed by atoms with Crippen LogP contribution in [0.4, 0.5) is 31.1 Å². The number of urea groups is 1. The zero-order valence-corrected chi connectivity index (χ0v) is 29.0. The number of benzene rings is 2. The molecule has 1 saturated heterocycles. The molecule has 0 bridgehead atoms. The molecule has 1 aliphatic heterocycles. The van der Waals surface area contributed by atoms with Crippen molar-refractivity contribution in [2.45, 2.75) is 49.7 Å². The van der Waals surface area contributed by atoms with E-state index in [4.69, 9.17) is 53.5 Å². The second kappa shape index (κ2) is 20.8. The van der Waals surface area contributed by atoms with Gasteiger partial charge in [-0.05, 0) is 75.4 Å². The number of hydrogen-bond donors (Lipinski definition) is 4. The first-order chi connectivity index (χ1) is 23.6. The number of carboxylic acids is 2. The van der Waals surface area contributed by atoms with Crippen LogP contribution in [0, 0.1) is 0 Å². The van der Waals surface area contributed by atoms with Gasteiger partial charge in [-0.3, -0.25) is 23.7 Å². The predicted octanol–water partition coefficient (Wildman–Crippen LogP) is 5.42. The van der Waals surface area contributed by atoms with Gasteiger partial charge in [0, 0.05) is 27.6 Å². The number of amides is 3. The van der Waals surface area contributed by atoms with Crippen LogP contribution in [0.3, 0.4) is 0 Å². The van der Waals surface area contributed by atoms with E-state index in [-0.39, 0.29) is 19.2 Å². The minimum absolute atomic E-state index is 0.276.